The second-order valence-electron chi connectivity index (χ2n) is 7.63. The van der Waals surface area contributed by atoms with Crippen LogP contribution >= 0.6 is 13.5 Å². The molecule has 0 spiro atoms. The smallest absolute Gasteiger partial charge is 0.388 e. The average molecular weight is 482 g/mol. The minimum atomic E-state index is -4.79. The van der Waals surface area contributed by atoms with Crippen LogP contribution in [0.1, 0.15) is 81.2 Å². The number of alkyl halides is 6. The molecule has 1 atom stereocenters. The van der Waals surface area contributed by atoms with Crippen molar-refractivity contribution < 1.29 is 31.4 Å². The van der Waals surface area contributed by atoms with Crippen molar-refractivity contribution in [2.24, 2.45) is 0 Å². The average Bonchev–Trinajstić information content (AvgIpc) is 2.71. The molecule has 1 aromatic carbocycles. The third kappa shape index (κ3) is 8.31. The fourth-order valence-electron chi connectivity index (χ4n) is 3.41. The summed E-state index contributed by atoms with van der Waals surface area (Å²) in [5.74, 6) is 0. The second kappa shape index (κ2) is 12.5. The van der Waals surface area contributed by atoms with Gasteiger partial charge < -0.3 is 5.11 Å². The Balaban J connectivity index is 0.00000512. The van der Waals surface area contributed by atoms with E-state index < -0.39 is 29.7 Å². The van der Waals surface area contributed by atoms with Crippen LogP contribution in [0.4, 0.5) is 26.3 Å². The van der Waals surface area contributed by atoms with Crippen LogP contribution in [0.15, 0.2) is 36.4 Å². The number of hydrogen-bond donors (Lipinski definition) is 1. The van der Waals surface area contributed by atoms with Crippen molar-refractivity contribution >= 4 is 13.5 Å². The van der Waals surface area contributed by atoms with Gasteiger partial charge in [-0.15, -0.1) is 0 Å². The summed E-state index contributed by atoms with van der Waals surface area (Å²) in [5, 5.41) is 10.3. The van der Waals surface area contributed by atoms with Gasteiger partial charge in [0.05, 0.1) is 17.4 Å². The van der Waals surface area contributed by atoms with Crippen LogP contribution in [0.3, 0.4) is 0 Å². The monoisotopic (exact) mass is 481 g/mol. The Morgan fingerprint density at radius 1 is 0.781 bits per heavy atom. The summed E-state index contributed by atoms with van der Waals surface area (Å²) in [6, 6.07) is 6.22. The molecule has 32 heavy (non-hydrogen) atoms. The summed E-state index contributed by atoms with van der Waals surface area (Å²) < 4.78 is 78.8. The molecule has 9 heteroatoms. The minimum absolute atomic E-state index is 0. The molecule has 0 saturated carbocycles. The quantitative estimate of drug-likeness (QED) is 0.275. The summed E-state index contributed by atoms with van der Waals surface area (Å²) in [7, 11) is 0. The summed E-state index contributed by atoms with van der Waals surface area (Å²) in [6.45, 7) is 2.12. The largest absolute Gasteiger partial charge is 0.433 e. The minimum Gasteiger partial charge on any atom is -0.388 e. The van der Waals surface area contributed by atoms with E-state index in [4.69, 9.17) is 0 Å². The number of nitrogens with zero attached hydrogens (tertiary/aromatic N) is 1. The Morgan fingerprint density at radius 2 is 1.34 bits per heavy atom. The van der Waals surface area contributed by atoms with Crippen molar-refractivity contribution in [1.29, 1.82) is 0 Å². The van der Waals surface area contributed by atoms with Gasteiger partial charge in [0.25, 0.3) is 0 Å². The lowest BCUT2D eigenvalue weighted by atomic mass is 9.99. The van der Waals surface area contributed by atoms with Crippen molar-refractivity contribution in [2.75, 3.05) is 0 Å². The molecule has 180 valence electrons. The van der Waals surface area contributed by atoms with E-state index in [-0.39, 0.29) is 36.7 Å². The second-order valence-corrected chi connectivity index (χ2v) is 7.63. The standard InChI is InChI=1S/C23H27F6NO.H2S/c1-2-3-4-5-6-7-8-9-20(31)18-14-15-19(30-21(18)23(27,28)29)16-10-12-17(13-11-16)22(24,25)26;/h10-15,20,31H,2-9H2,1H3;1H2/t20-;/m1./s1. The molecule has 1 aromatic heterocycles. The molecule has 1 N–H and O–H groups in total. The summed E-state index contributed by atoms with van der Waals surface area (Å²) in [6.07, 6.45) is -3.53. The van der Waals surface area contributed by atoms with E-state index >= 15 is 0 Å². The maximum atomic E-state index is 13.6. The summed E-state index contributed by atoms with van der Waals surface area (Å²) in [5.41, 5.74) is -2.39. The fraction of sp³-hybridized carbons (Fsp3) is 0.522. The highest BCUT2D eigenvalue weighted by molar-refractivity contribution is 7.59. The van der Waals surface area contributed by atoms with E-state index in [1.165, 1.54) is 6.07 Å². The Hall–Kier alpha value is -1.74. The van der Waals surface area contributed by atoms with Crippen molar-refractivity contribution in [3.05, 3.63) is 53.2 Å². The topological polar surface area (TPSA) is 33.1 Å². The van der Waals surface area contributed by atoms with Crippen LogP contribution < -0.4 is 0 Å². The summed E-state index contributed by atoms with van der Waals surface area (Å²) in [4.78, 5) is 3.64. The molecule has 0 radical (unpaired) electrons. The van der Waals surface area contributed by atoms with Crippen molar-refractivity contribution in [2.45, 2.75) is 76.7 Å². The number of aromatic nitrogens is 1. The predicted molar refractivity (Wildman–Crippen MR) is 118 cm³/mol. The van der Waals surface area contributed by atoms with Gasteiger partial charge in [0.15, 0.2) is 5.69 Å². The molecular weight excluding hydrogens is 452 g/mol. The zero-order valence-corrected chi connectivity index (χ0v) is 18.9. The molecule has 2 aromatic rings. The van der Waals surface area contributed by atoms with E-state index in [1.807, 2.05) is 0 Å². The third-order valence-electron chi connectivity index (χ3n) is 5.14. The molecule has 2 nitrogen and oxygen atoms in total. The van der Waals surface area contributed by atoms with Crippen LogP contribution in [-0.2, 0) is 12.4 Å². The Bertz CT molecular complexity index is 821. The summed E-state index contributed by atoms with van der Waals surface area (Å²) >= 11 is 0. The van der Waals surface area contributed by atoms with E-state index in [9.17, 15) is 31.4 Å². The van der Waals surface area contributed by atoms with Gasteiger partial charge in [-0.1, -0.05) is 70.1 Å². The fourth-order valence-corrected chi connectivity index (χ4v) is 3.41. The molecule has 0 saturated heterocycles. The number of benzene rings is 1. The zero-order chi connectivity index (χ0) is 23.1. The third-order valence-corrected chi connectivity index (χ3v) is 5.14. The van der Waals surface area contributed by atoms with E-state index in [0.717, 1.165) is 68.9 Å². The van der Waals surface area contributed by atoms with Gasteiger partial charge in [-0.25, -0.2) is 4.98 Å². The first kappa shape index (κ1) is 28.3. The van der Waals surface area contributed by atoms with Crippen LogP contribution in [0.25, 0.3) is 11.3 Å². The van der Waals surface area contributed by atoms with Gasteiger partial charge in [0.2, 0.25) is 0 Å². The number of unbranched alkanes of at least 4 members (excludes halogenated alkanes) is 6. The van der Waals surface area contributed by atoms with Crippen molar-refractivity contribution in [3.8, 4) is 11.3 Å². The van der Waals surface area contributed by atoms with Gasteiger partial charge >= 0.3 is 12.4 Å². The molecular formula is C23H29F6NOS. The highest BCUT2D eigenvalue weighted by atomic mass is 32.1. The van der Waals surface area contributed by atoms with Crippen LogP contribution in [-0.4, -0.2) is 10.1 Å². The number of halogens is 6. The van der Waals surface area contributed by atoms with Gasteiger partial charge in [0.1, 0.15) is 0 Å². The van der Waals surface area contributed by atoms with Gasteiger partial charge in [-0.05, 0) is 24.6 Å². The van der Waals surface area contributed by atoms with Gasteiger partial charge in [-0.2, -0.15) is 39.8 Å². The molecule has 0 bridgehead atoms. The number of aliphatic hydroxyl groups is 1. The first-order valence-corrected chi connectivity index (χ1v) is 10.5. The van der Waals surface area contributed by atoms with Crippen LogP contribution in [0, 0.1) is 0 Å². The van der Waals surface area contributed by atoms with E-state index in [1.54, 1.807) is 0 Å². The van der Waals surface area contributed by atoms with Crippen molar-refractivity contribution in [3.63, 3.8) is 0 Å². The zero-order valence-electron chi connectivity index (χ0n) is 17.9. The maximum Gasteiger partial charge on any atom is 0.433 e. The number of hydrogen-bond acceptors (Lipinski definition) is 2. The first-order valence-electron chi connectivity index (χ1n) is 10.5. The Morgan fingerprint density at radius 3 is 1.88 bits per heavy atom. The highest BCUT2D eigenvalue weighted by Gasteiger charge is 2.37. The number of rotatable bonds is 10. The highest BCUT2D eigenvalue weighted by Crippen LogP contribution is 2.37. The lowest BCUT2D eigenvalue weighted by Gasteiger charge is -2.18. The number of aliphatic hydroxyl groups excluding tert-OH is 1. The van der Waals surface area contributed by atoms with Gasteiger partial charge in [-0.3, -0.25) is 0 Å². The molecule has 0 aliphatic rings. The van der Waals surface area contributed by atoms with Crippen molar-refractivity contribution in [1.82, 2.24) is 4.98 Å². The van der Waals surface area contributed by atoms with Crippen LogP contribution in [0.2, 0.25) is 0 Å². The number of pyridine rings is 1. The Labute approximate surface area is 191 Å². The molecule has 0 fully saturated rings. The SMILES string of the molecule is CCCCCCCCC[C@@H](O)c1ccc(-c2ccc(C(F)(F)F)cc2)nc1C(F)(F)F.S. The van der Waals surface area contributed by atoms with E-state index in [0.29, 0.717) is 6.42 Å². The van der Waals surface area contributed by atoms with E-state index in [2.05, 4.69) is 11.9 Å². The lowest BCUT2D eigenvalue weighted by molar-refractivity contribution is -0.142. The molecule has 0 amide bonds. The normalized spacial score (nSPS) is 13.0. The van der Waals surface area contributed by atoms with Gasteiger partial charge in [0, 0.05) is 11.1 Å². The molecule has 0 unspecified atom stereocenters. The maximum absolute atomic E-state index is 13.6. The molecule has 1 heterocycles. The Kier molecular flexibility index (Phi) is 11.0. The first-order chi connectivity index (χ1) is 14.5. The van der Waals surface area contributed by atoms with Crippen LogP contribution in [0.5, 0.6) is 0 Å². The lowest BCUT2D eigenvalue weighted by Crippen LogP contribution is -2.15. The molecule has 0 aliphatic heterocycles. The molecule has 0 aliphatic carbocycles. The molecule has 2 rings (SSSR count). The predicted octanol–water partition coefficient (Wildman–Crippen LogP) is 8.07.